The van der Waals surface area contributed by atoms with Gasteiger partial charge in [0.05, 0.1) is 13.7 Å². The average molecular weight is 282 g/mol. The molecule has 0 aliphatic heterocycles. The minimum absolute atomic E-state index is 0.676. The fourth-order valence-corrected chi connectivity index (χ4v) is 1.88. The molecule has 0 bridgehead atoms. The van der Waals surface area contributed by atoms with Crippen molar-refractivity contribution in [3.63, 3.8) is 0 Å². The minimum Gasteiger partial charge on any atom is -0.490 e. The van der Waals surface area contributed by atoms with Crippen LogP contribution in [0.2, 0.25) is 0 Å². The summed E-state index contributed by atoms with van der Waals surface area (Å²) in [5, 5.41) is 3.27. The first-order valence-electron chi connectivity index (χ1n) is 7.23. The van der Waals surface area contributed by atoms with Gasteiger partial charge in [0.1, 0.15) is 6.33 Å². The van der Waals surface area contributed by atoms with Gasteiger partial charge in [0.2, 0.25) is 5.75 Å². The third-order valence-corrected chi connectivity index (χ3v) is 2.92. The van der Waals surface area contributed by atoms with Crippen molar-refractivity contribution in [3.8, 4) is 5.75 Å². The van der Waals surface area contributed by atoms with E-state index < -0.39 is 0 Å². The maximum absolute atomic E-state index is 5.49. The number of hydrogen-bond acceptors (Lipinski definition) is 6. The first kappa shape index (κ1) is 16.5. The summed E-state index contributed by atoms with van der Waals surface area (Å²) in [6.07, 6.45) is 2.60. The molecular weight excluding hydrogens is 256 g/mol. The number of ether oxygens (including phenoxy) is 2. The molecule has 1 N–H and O–H groups in total. The van der Waals surface area contributed by atoms with Crippen LogP contribution < -0.4 is 15.0 Å². The summed E-state index contributed by atoms with van der Waals surface area (Å²) >= 11 is 0. The summed E-state index contributed by atoms with van der Waals surface area (Å²) in [5.41, 5.74) is 0. The largest absolute Gasteiger partial charge is 0.490 e. The molecule has 0 spiro atoms. The Morgan fingerprint density at radius 2 is 2.05 bits per heavy atom. The van der Waals surface area contributed by atoms with Crippen LogP contribution in [0.25, 0.3) is 0 Å². The van der Waals surface area contributed by atoms with Crippen molar-refractivity contribution in [2.75, 3.05) is 50.2 Å². The lowest BCUT2D eigenvalue weighted by molar-refractivity contribution is 0.154. The molecule has 1 aromatic heterocycles. The molecule has 1 aromatic rings. The van der Waals surface area contributed by atoms with Crippen molar-refractivity contribution in [2.24, 2.45) is 0 Å². The fraction of sp³-hybridized carbons (Fsp3) is 0.714. The van der Waals surface area contributed by atoms with Crippen LogP contribution in [0.4, 0.5) is 11.6 Å². The Bertz CT molecular complexity index is 387. The van der Waals surface area contributed by atoms with E-state index in [9.17, 15) is 0 Å². The van der Waals surface area contributed by atoms with Gasteiger partial charge in [0, 0.05) is 26.2 Å². The number of nitrogens with zero attached hydrogens (tertiary/aromatic N) is 3. The highest BCUT2D eigenvalue weighted by atomic mass is 16.5. The molecule has 0 atom stereocenters. The fourth-order valence-electron chi connectivity index (χ4n) is 1.88. The van der Waals surface area contributed by atoms with E-state index in [1.165, 1.54) is 0 Å². The molecule has 6 nitrogen and oxygen atoms in total. The quantitative estimate of drug-likeness (QED) is 0.664. The zero-order chi connectivity index (χ0) is 14.8. The van der Waals surface area contributed by atoms with Crippen LogP contribution in [0.15, 0.2) is 6.33 Å². The zero-order valence-corrected chi connectivity index (χ0v) is 13.0. The van der Waals surface area contributed by atoms with E-state index in [4.69, 9.17) is 9.47 Å². The number of methoxy groups -OCH3 is 1. The molecule has 0 aliphatic carbocycles. The van der Waals surface area contributed by atoms with Gasteiger partial charge in [0.15, 0.2) is 11.6 Å². The molecule has 6 heteroatoms. The molecule has 0 aromatic carbocycles. The SMILES string of the molecule is CCCNc1ncnc(N(CC)CCOCC)c1OC. The van der Waals surface area contributed by atoms with Gasteiger partial charge in [-0.3, -0.25) is 0 Å². The highest BCUT2D eigenvalue weighted by Crippen LogP contribution is 2.31. The maximum atomic E-state index is 5.49. The van der Waals surface area contributed by atoms with Crippen LogP contribution in [0, 0.1) is 0 Å². The van der Waals surface area contributed by atoms with Crippen LogP contribution in [-0.4, -0.2) is 49.9 Å². The van der Waals surface area contributed by atoms with E-state index in [1.54, 1.807) is 13.4 Å². The Morgan fingerprint density at radius 3 is 2.65 bits per heavy atom. The first-order valence-corrected chi connectivity index (χ1v) is 7.23. The third-order valence-electron chi connectivity index (χ3n) is 2.92. The van der Waals surface area contributed by atoms with E-state index >= 15 is 0 Å². The highest BCUT2D eigenvalue weighted by Gasteiger charge is 2.16. The van der Waals surface area contributed by atoms with E-state index in [0.717, 1.165) is 44.3 Å². The van der Waals surface area contributed by atoms with Crippen LogP contribution in [0.3, 0.4) is 0 Å². The van der Waals surface area contributed by atoms with Crippen molar-refractivity contribution in [1.29, 1.82) is 0 Å². The topological polar surface area (TPSA) is 59.5 Å². The molecule has 1 heterocycles. The normalized spacial score (nSPS) is 10.4. The number of anilines is 2. The summed E-state index contributed by atoms with van der Waals surface area (Å²) in [6, 6.07) is 0. The average Bonchev–Trinajstić information content (AvgIpc) is 2.49. The number of nitrogens with one attached hydrogen (secondary N) is 1. The van der Waals surface area contributed by atoms with Crippen molar-refractivity contribution < 1.29 is 9.47 Å². The molecule has 0 saturated heterocycles. The summed E-state index contributed by atoms with van der Waals surface area (Å²) < 4.78 is 10.9. The molecule has 20 heavy (non-hydrogen) atoms. The first-order chi connectivity index (χ1) is 9.78. The molecule has 1 rings (SSSR count). The smallest absolute Gasteiger partial charge is 0.204 e. The molecule has 0 unspecified atom stereocenters. The molecule has 0 radical (unpaired) electrons. The lowest BCUT2D eigenvalue weighted by Crippen LogP contribution is -2.28. The van der Waals surface area contributed by atoms with E-state index in [-0.39, 0.29) is 0 Å². The Hall–Kier alpha value is -1.56. The lowest BCUT2D eigenvalue weighted by Gasteiger charge is -2.24. The lowest BCUT2D eigenvalue weighted by atomic mass is 10.3. The van der Waals surface area contributed by atoms with Crippen LogP contribution >= 0.6 is 0 Å². The van der Waals surface area contributed by atoms with Gasteiger partial charge in [-0.2, -0.15) is 0 Å². The predicted octanol–water partition coefficient (Wildman–Crippen LogP) is 2.17. The molecule has 0 amide bonds. The summed E-state index contributed by atoms with van der Waals surface area (Å²) in [4.78, 5) is 10.8. The van der Waals surface area contributed by atoms with Gasteiger partial charge in [-0.05, 0) is 20.3 Å². The number of aromatic nitrogens is 2. The Kier molecular flexibility index (Phi) is 7.72. The van der Waals surface area contributed by atoms with Crippen molar-refractivity contribution >= 4 is 11.6 Å². The van der Waals surface area contributed by atoms with Crippen LogP contribution in [0.1, 0.15) is 27.2 Å². The van der Waals surface area contributed by atoms with Crippen LogP contribution in [0.5, 0.6) is 5.75 Å². The van der Waals surface area contributed by atoms with Crippen LogP contribution in [-0.2, 0) is 4.74 Å². The standard InChI is InChI=1S/C14H26N4O2/c1-5-8-15-13-12(19-4)14(17-11-16-13)18(6-2)9-10-20-7-3/h11H,5-10H2,1-4H3,(H,15,16,17). The van der Waals surface area contributed by atoms with Crippen molar-refractivity contribution in [1.82, 2.24) is 9.97 Å². The summed E-state index contributed by atoms with van der Waals surface area (Å²) in [6.45, 7) is 10.1. The molecule has 0 fully saturated rings. The van der Waals surface area contributed by atoms with Gasteiger partial charge in [-0.25, -0.2) is 9.97 Å². The molecule has 114 valence electrons. The van der Waals surface area contributed by atoms with E-state index in [0.29, 0.717) is 12.4 Å². The van der Waals surface area contributed by atoms with E-state index in [2.05, 4.69) is 34.0 Å². The Balaban J connectivity index is 2.89. The van der Waals surface area contributed by atoms with Crippen molar-refractivity contribution in [3.05, 3.63) is 6.33 Å². The minimum atomic E-state index is 0.676. The molecule has 0 saturated carbocycles. The second kappa shape index (κ2) is 9.36. The number of rotatable bonds is 10. The second-order valence-corrected chi connectivity index (χ2v) is 4.28. The number of likely N-dealkylation sites (N-methyl/N-ethyl adjacent to an activating group) is 1. The van der Waals surface area contributed by atoms with Gasteiger partial charge < -0.3 is 19.7 Å². The molecular formula is C14H26N4O2. The van der Waals surface area contributed by atoms with Gasteiger partial charge >= 0.3 is 0 Å². The highest BCUT2D eigenvalue weighted by molar-refractivity contribution is 5.64. The van der Waals surface area contributed by atoms with Gasteiger partial charge in [-0.15, -0.1) is 0 Å². The van der Waals surface area contributed by atoms with E-state index in [1.807, 2.05) is 6.92 Å². The Labute approximate surface area is 121 Å². The Morgan fingerprint density at radius 1 is 1.25 bits per heavy atom. The number of hydrogen-bond donors (Lipinski definition) is 1. The van der Waals surface area contributed by atoms with Crippen molar-refractivity contribution in [2.45, 2.75) is 27.2 Å². The summed E-state index contributed by atoms with van der Waals surface area (Å²) in [7, 11) is 1.65. The predicted molar refractivity (Wildman–Crippen MR) is 81.7 cm³/mol. The van der Waals surface area contributed by atoms with Gasteiger partial charge in [-0.1, -0.05) is 6.92 Å². The monoisotopic (exact) mass is 282 g/mol. The molecule has 0 aliphatic rings. The second-order valence-electron chi connectivity index (χ2n) is 4.28. The van der Waals surface area contributed by atoms with Gasteiger partial charge in [0.25, 0.3) is 0 Å². The maximum Gasteiger partial charge on any atom is 0.204 e. The zero-order valence-electron chi connectivity index (χ0n) is 13.0. The summed E-state index contributed by atoms with van der Waals surface area (Å²) in [5.74, 6) is 2.25. The third kappa shape index (κ3) is 4.52.